The van der Waals surface area contributed by atoms with E-state index in [1.54, 1.807) is 25.3 Å². The second-order valence-electron chi connectivity index (χ2n) is 10.6. The Bertz CT molecular complexity index is 1590. The number of carbonyl (C=O) groups excluding carboxylic acids is 2. The third-order valence-electron chi connectivity index (χ3n) is 7.08. The molecule has 200 valence electrons. The van der Waals surface area contributed by atoms with Gasteiger partial charge in [0.1, 0.15) is 5.75 Å². The lowest BCUT2D eigenvalue weighted by molar-refractivity contribution is -0.130. The van der Waals surface area contributed by atoms with E-state index in [1.165, 1.54) is 12.0 Å². The van der Waals surface area contributed by atoms with Crippen molar-refractivity contribution in [1.29, 1.82) is 0 Å². The number of benzene rings is 3. The third-order valence-corrected chi connectivity index (χ3v) is 7.08. The van der Waals surface area contributed by atoms with E-state index in [0.717, 1.165) is 11.1 Å². The molecule has 0 bridgehead atoms. The average Bonchev–Trinajstić information content (AvgIpc) is 3.47. The normalized spacial score (nSPS) is 15.8. The molecule has 0 fully saturated rings. The molecular formula is C32H31NO6. The minimum Gasteiger partial charge on any atom is -0.503 e. The molecule has 7 nitrogen and oxygen atoms in total. The van der Waals surface area contributed by atoms with Crippen LogP contribution in [0.15, 0.2) is 88.5 Å². The lowest BCUT2D eigenvalue weighted by atomic mass is 9.85. The predicted molar refractivity (Wildman–Crippen MR) is 148 cm³/mol. The molecule has 5 rings (SSSR count). The van der Waals surface area contributed by atoms with E-state index in [4.69, 9.17) is 13.9 Å². The summed E-state index contributed by atoms with van der Waals surface area (Å²) in [4.78, 5) is 28.9. The van der Waals surface area contributed by atoms with Crippen LogP contribution < -0.4 is 9.47 Å². The summed E-state index contributed by atoms with van der Waals surface area (Å²) in [5.41, 5.74) is 2.94. The average molecular weight is 526 g/mol. The quantitative estimate of drug-likeness (QED) is 0.276. The number of ketones is 1. The lowest BCUT2D eigenvalue weighted by Gasteiger charge is -2.28. The van der Waals surface area contributed by atoms with Crippen LogP contribution in [-0.4, -0.2) is 35.9 Å². The van der Waals surface area contributed by atoms with Crippen molar-refractivity contribution >= 4 is 22.7 Å². The standard InChI is InChI=1S/C32H31NO6/c1-32(2,3)22-14-12-20(13-15-22)27-26(28(34)25-17-21-9-7-11-24(38-5)30(21)39-25)29(35)31(36)33(27)18-19-8-6-10-23(16-19)37-4/h6-17,27,35H,18H2,1-5H3. The van der Waals surface area contributed by atoms with Gasteiger partial charge in [0.05, 0.1) is 25.8 Å². The topological polar surface area (TPSA) is 89.2 Å². The highest BCUT2D eigenvalue weighted by atomic mass is 16.5. The van der Waals surface area contributed by atoms with Gasteiger partial charge in [-0.3, -0.25) is 9.59 Å². The van der Waals surface area contributed by atoms with Crippen LogP contribution in [0.5, 0.6) is 11.5 Å². The molecule has 0 spiro atoms. The number of furan rings is 1. The van der Waals surface area contributed by atoms with Crippen LogP contribution in [0.25, 0.3) is 11.0 Å². The Hall–Kier alpha value is -4.52. The van der Waals surface area contributed by atoms with Crippen molar-refractivity contribution in [2.24, 2.45) is 0 Å². The van der Waals surface area contributed by atoms with Crippen molar-refractivity contribution in [3.05, 3.63) is 107 Å². The highest BCUT2D eigenvalue weighted by molar-refractivity contribution is 6.16. The molecule has 0 aliphatic carbocycles. The molecule has 4 aromatic rings. The largest absolute Gasteiger partial charge is 0.503 e. The predicted octanol–water partition coefficient (Wildman–Crippen LogP) is 6.53. The number of carbonyl (C=O) groups is 2. The SMILES string of the molecule is COc1cccc(CN2C(=O)C(O)=C(C(=O)c3cc4cccc(OC)c4o3)C2c2ccc(C(C)(C)C)cc2)c1. The van der Waals surface area contributed by atoms with Crippen molar-refractivity contribution in [2.45, 2.75) is 38.8 Å². The molecule has 0 radical (unpaired) electrons. The van der Waals surface area contributed by atoms with E-state index in [1.807, 2.05) is 54.6 Å². The Labute approximate surface area is 227 Å². The number of Topliss-reactive ketones (excluding diaryl/α,β-unsaturated/α-hetero) is 1. The first-order valence-electron chi connectivity index (χ1n) is 12.7. The van der Waals surface area contributed by atoms with E-state index >= 15 is 0 Å². The van der Waals surface area contributed by atoms with Crippen molar-refractivity contribution in [3.8, 4) is 11.5 Å². The van der Waals surface area contributed by atoms with Gasteiger partial charge in [-0.05, 0) is 46.4 Å². The smallest absolute Gasteiger partial charge is 0.290 e. The highest BCUT2D eigenvalue weighted by Crippen LogP contribution is 2.41. The summed E-state index contributed by atoms with van der Waals surface area (Å²) < 4.78 is 16.6. The molecular weight excluding hydrogens is 494 g/mol. The number of para-hydroxylation sites is 1. The molecule has 2 heterocycles. The Morgan fingerprint density at radius 1 is 0.974 bits per heavy atom. The molecule has 1 aromatic heterocycles. The number of ether oxygens (including phenoxy) is 2. The number of fused-ring (bicyclic) bond motifs is 1. The maximum atomic E-state index is 13.9. The molecule has 39 heavy (non-hydrogen) atoms. The number of hydrogen-bond donors (Lipinski definition) is 1. The van der Waals surface area contributed by atoms with Gasteiger partial charge in [0.15, 0.2) is 22.9 Å². The van der Waals surface area contributed by atoms with Crippen molar-refractivity contribution in [1.82, 2.24) is 4.90 Å². The van der Waals surface area contributed by atoms with Gasteiger partial charge in [-0.2, -0.15) is 0 Å². The fourth-order valence-electron chi connectivity index (χ4n) is 4.97. The molecule has 1 unspecified atom stereocenters. The molecule has 1 aliphatic heterocycles. The van der Waals surface area contributed by atoms with Crippen LogP contribution in [-0.2, 0) is 16.8 Å². The number of amides is 1. The summed E-state index contributed by atoms with van der Waals surface area (Å²) in [5, 5.41) is 11.8. The molecule has 3 aromatic carbocycles. The third kappa shape index (κ3) is 4.76. The molecule has 1 atom stereocenters. The van der Waals surface area contributed by atoms with Gasteiger partial charge in [-0.1, -0.05) is 69.3 Å². The van der Waals surface area contributed by atoms with Crippen molar-refractivity contribution in [3.63, 3.8) is 0 Å². The minimum absolute atomic E-state index is 0.0170. The Morgan fingerprint density at radius 3 is 2.36 bits per heavy atom. The summed E-state index contributed by atoms with van der Waals surface area (Å²) in [6, 6.07) is 21.3. The first-order chi connectivity index (χ1) is 18.6. The lowest BCUT2D eigenvalue weighted by Crippen LogP contribution is -2.30. The summed E-state index contributed by atoms with van der Waals surface area (Å²) in [6.45, 7) is 6.52. The molecule has 1 amide bonds. The van der Waals surface area contributed by atoms with Gasteiger partial charge < -0.3 is 23.9 Å². The monoisotopic (exact) mass is 525 g/mol. The molecule has 1 N–H and O–H groups in total. The van der Waals surface area contributed by atoms with Crippen LogP contribution in [0, 0.1) is 0 Å². The van der Waals surface area contributed by atoms with E-state index in [9.17, 15) is 14.7 Å². The van der Waals surface area contributed by atoms with E-state index in [-0.39, 0.29) is 23.3 Å². The van der Waals surface area contributed by atoms with Gasteiger partial charge in [0.25, 0.3) is 5.91 Å². The zero-order valence-corrected chi connectivity index (χ0v) is 22.6. The van der Waals surface area contributed by atoms with Gasteiger partial charge in [0.2, 0.25) is 5.78 Å². The van der Waals surface area contributed by atoms with Crippen LogP contribution in [0.2, 0.25) is 0 Å². The van der Waals surface area contributed by atoms with Gasteiger partial charge in [0, 0.05) is 11.9 Å². The number of aliphatic hydroxyl groups is 1. The number of hydrogen-bond acceptors (Lipinski definition) is 6. The summed E-state index contributed by atoms with van der Waals surface area (Å²) >= 11 is 0. The van der Waals surface area contributed by atoms with E-state index < -0.39 is 23.5 Å². The number of rotatable bonds is 7. The molecule has 7 heteroatoms. The summed E-state index contributed by atoms with van der Waals surface area (Å²) in [5.74, 6) is -0.614. The van der Waals surface area contributed by atoms with Crippen LogP contribution >= 0.6 is 0 Å². The minimum atomic E-state index is -0.819. The van der Waals surface area contributed by atoms with Crippen molar-refractivity contribution in [2.75, 3.05) is 14.2 Å². The second kappa shape index (κ2) is 9.98. The molecule has 0 saturated carbocycles. The van der Waals surface area contributed by atoms with Gasteiger partial charge >= 0.3 is 0 Å². The summed E-state index contributed by atoms with van der Waals surface area (Å²) in [6.07, 6.45) is 0. The first-order valence-corrected chi connectivity index (χ1v) is 12.7. The van der Waals surface area contributed by atoms with E-state index in [0.29, 0.717) is 28.0 Å². The Morgan fingerprint density at radius 2 is 1.69 bits per heavy atom. The van der Waals surface area contributed by atoms with E-state index in [2.05, 4.69) is 20.8 Å². The zero-order chi connectivity index (χ0) is 27.9. The summed E-state index contributed by atoms with van der Waals surface area (Å²) in [7, 11) is 3.10. The maximum Gasteiger partial charge on any atom is 0.290 e. The van der Waals surface area contributed by atoms with Crippen LogP contribution in [0.4, 0.5) is 0 Å². The first kappa shape index (κ1) is 26.1. The fourth-order valence-corrected chi connectivity index (χ4v) is 4.97. The molecule has 1 aliphatic rings. The Kier molecular flexibility index (Phi) is 6.68. The van der Waals surface area contributed by atoms with Crippen LogP contribution in [0.1, 0.15) is 54.1 Å². The zero-order valence-electron chi connectivity index (χ0n) is 22.6. The highest BCUT2D eigenvalue weighted by Gasteiger charge is 2.44. The second-order valence-corrected chi connectivity index (χ2v) is 10.6. The Balaban J connectivity index is 1.60. The van der Waals surface area contributed by atoms with Crippen LogP contribution in [0.3, 0.4) is 0 Å². The maximum absolute atomic E-state index is 13.9. The number of methoxy groups -OCH3 is 2. The fraction of sp³-hybridized carbons (Fsp3) is 0.250. The number of nitrogens with zero attached hydrogens (tertiary/aromatic N) is 1. The van der Waals surface area contributed by atoms with Crippen molar-refractivity contribution < 1.29 is 28.6 Å². The molecule has 0 saturated heterocycles. The van der Waals surface area contributed by atoms with Gasteiger partial charge in [-0.15, -0.1) is 0 Å². The number of aliphatic hydroxyl groups excluding tert-OH is 1. The van der Waals surface area contributed by atoms with Gasteiger partial charge in [-0.25, -0.2) is 0 Å².